The van der Waals surface area contributed by atoms with Gasteiger partial charge in [0.25, 0.3) is 0 Å². The summed E-state index contributed by atoms with van der Waals surface area (Å²) in [5.41, 5.74) is -0.282. The van der Waals surface area contributed by atoms with Crippen LogP contribution in [0.25, 0.3) is 0 Å². The maximum atomic E-state index is 10.6. The van der Waals surface area contributed by atoms with Crippen molar-refractivity contribution < 1.29 is 20.1 Å². The number of nitrogens with zero attached hydrogens (tertiary/aromatic N) is 1. The lowest BCUT2D eigenvalue weighted by Crippen LogP contribution is -2.16. The standard InChI is InChI=1S/C10H8ClNO4/c11-6-1-5(4-13)9(15)7(2-6)10(16)8(14)3-12/h1-2,4,8,10,14-16H. The van der Waals surface area contributed by atoms with Gasteiger partial charge in [-0.2, -0.15) is 5.26 Å². The number of halogens is 1. The fourth-order valence-corrected chi connectivity index (χ4v) is 1.43. The number of carbonyl (C=O) groups excluding carboxylic acids is 1. The Kier molecular flexibility index (Phi) is 3.85. The van der Waals surface area contributed by atoms with E-state index in [1.165, 1.54) is 18.2 Å². The Labute approximate surface area is 96.1 Å². The van der Waals surface area contributed by atoms with E-state index in [-0.39, 0.29) is 16.1 Å². The molecule has 0 aliphatic heterocycles. The third-order valence-electron chi connectivity index (χ3n) is 2.01. The predicted octanol–water partition coefficient (Wildman–Crippen LogP) is 0.776. The maximum absolute atomic E-state index is 10.6. The summed E-state index contributed by atoms with van der Waals surface area (Å²) in [6.07, 6.45) is -2.97. The summed E-state index contributed by atoms with van der Waals surface area (Å²) in [5, 5.41) is 36.7. The van der Waals surface area contributed by atoms with Gasteiger partial charge >= 0.3 is 0 Å². The Morgan fingerprint density at radius 2 is 2.06 bits per heavy atom. The number of hydrogen-bond donors (Lipinski definition) is 3. The first-order valence-corrected chi connectivity index (χ1v) is 4.62. The summed E-state index contributed by atoms with van der Waals surface area (Å²) in [5.74, 6) is -0.499. The highest BCUT2D eigenvalue weighted by molar-refractivity contribution is 6.31. The molecule has 0 saturated heterocycles. The average molecular weight is 242 g/mol. The molecule has 0 fully saturated rings. The van der Waals surface area contributed by atoms with Gasteiger partial charge in [-0.15, -0.1) is 0 Å². The van der Waals surface area contributed by atoms with Crippen molar-refractivity contribution in [3.05, 3.63) is 28.3 Å². The van der Waals surface area contributed by atoms with E-state index < -0.39 is 18.0 Å². The Morgan fingerprint density at radius 1 is 1.44 bits per heavy atom. The van der Waals surface area contributed by atoms with Crippen LogP contribution in [0.3, 0.4) is 0 Å². The van der Waals surface area contributed by atoms with Crippen LogP contribution in [-0.2, 0) is 0 Å². The van der Waals surface area contributed by atoms with E-state index >= 15 is 0 Å². The van der Waals surface area contributed by atoms with Gasteiger partial charge in [0.2, 0.25) is 0 Å². The summed E-state index contributed by atoms with van der Waals surface area (Å²) >= 11 is 5.65. The molecule has 2 atom stereocenters. The largest absolute Gasteiger partial charge is 0.507 e. The number of carbonyl (C=O) groups is 1. The van der Waals surface area contributed by atoms with Crippen molar-refractivity contribution in [3.8, 4) is 11.8 Å². The molecule has 0 saturated carbocycles. The molecule has 16 heavy (non-hydrogen) atoms. The third-order valence-corrected chi connectivity index (χ3v) is 2.23. The molecule has 0 aliphatic rings. The van der Waals surface area contributed by atoms with E-state index in [4.69, 9.17) is 22.0 Å². The minimum Gasteiger partial charge on any atom is -0.507 e. The highest BCUT2D eigenvalue weighted by atomic mass is 35.5. The van der Waals surface area contributed by atoms with Crippen LogP contribution in [0, 0.1) is 11.3 Å². The first-order valence-electron chi connectivity index (χ1n) is 4.24. The molecular weight excluding hydrogens is 234 g/mol. The van der Waals surface area contributed by atoms with Crippen LogP contribution in [0.1, 0.15) is 22.0 Å². The second-order valence-corrected chi connectivity index (χ2v) is 3.51. The lowest BCUT2D eigenvalue weighted by atomic mass is 10.0. The van der Waals surface area contributed by atoms with Crippen LogP contribution in [0.2, 0.25) is 5.02 Å². The number of benzene rings is 1. The normalized spacial score (nSPS) is 13.9. The molecular formula is C10H8ClNO4. The second kappa shape index (κ2) is 4.94. The molecule has 6 heteroatoms. The Morgan fingerprint density at radius 3 is 2.56 bits per heavy atom. The molecule has 0 amide bonds. The summed E-state index contributed by atoms with van der Waals surface area (Å²) in [6, 6.07) is 3.79. The second-order valence-electron chi connectivity index (χ2n) is 3.07. The van der Waals surface area contributed by atoms with E-state index in [1.54, 1.807) is 0 Å². The van der Waals surface area contributed by atoms with Gasteiger partial charge in [-0.25, -0.2) is 0 Å². The van der Waals surface area contributed by atoms with Crippen molar-refractivity contribution >= 4 is 17.9 Å². The number of phenols is 1. The monoisotopic (exact) mass is 241 g/mol. The van der Waals surface area contributed by atoms with E-state index in [0.717, 1.165) is 0 Å². The van der Waals surface area contributed by atoms with Crippen LogP contribution in [0.4, 0.5) is 0 Å². The molecule has 0 heterocycles. The van der Waals surface area contributed by atoms with Crippen molar-refractivity contribution in [2.75, 3.05) is 0 Å². The Bertz CT molecular complexity index is 455. The number of nitriles is 1. The summed E-state index contributed by atoms with van der Waals surface area (Å²) in [7, 11) is 0. The van der Waals surface area contributed by atoms with E-state index in [2.05, 4.69) is 0 Å². The first kappa shape index (κ1) is 12.5. The first-order chi connectivity index (χ1) is 7.51. The number of aldehydes is 1. The topological polar surface area (TPSA) is 102 Å². The van der Waals surface area contributed by atoms with Crippen LogP contribution in [0.5, 0.6) is 5.75 Å². The van der Waals surface area contributed by atoms with Gasteiger partial charge in [0, 0.05) is 10.6 Å². The van der Waals surface area contributed by atoms with Crippen molar-refractivity contribution in [3.63, 3.8) is 0 Å². The van der Waals surface area contributed by atoms with Crippen molar-refractivity contribution in [1.82, 2.24) is 0 Å². The highest BCUT2D eigenvalue weighted by Gasteiger charge is 2.23. The van der Waals surface area contributed by atoms with Crippen molar-refractivity contribution in [2.24, 2.45) is 0 Å². The number of rotatable bonds is 3. The quantitative estimate of drug-likeness (QED) is 0.536. The molecule has 1 rings (SSSR count). The van der Waals surface area contributed by atoms with Gasteiger partial charge in [0.15, 0.2) is 12.4 Å². The SMILES string of the molecule is N#CC(O)C(O)c1cc(Cl)cc(C=O)c1O. The van der Waals surface area contributed by atoms with Gasteiger partial charge in [0.05, 0.1) is 11.6 Å². The summed E-state index contributed by atoms with van der Waals surface area (Å²) in [6.45, 7) is 0. The van der Waals surface area contributed by atoms with Gasteiger partial charge in [-0.05, 0) is 12.1 Å². The van der Waals surface area contributed by atoms with Crippen molar-refractivity contribution in [1.29, 1.82) is 5.26 Å². The zero-order valence-electron chi connectivity index (χ0n) is 7.96. The summed E-state index contributed by atoms with van der Waals surface area (Å²) < 4.78 is 0. The molecule has 1 aromatic carbocycles. The van der Waals surface area contributed by atoms with Gasteiger partial charge in [-0.1, -0.05) is 11.6 Å². The third kappa shape index (κ3) is 2.31. The molecule has 0 bridgehead atoms. The van der Waals surface area contributed by atoms with E-state index in [0.29, 0.717) is 6.29 Å². The fourth-order valence-electron chi connectivity index (χ4n) is 1.20. The predicted molar refractivity (Wildman–Crippen MR) is 55.1 cm³/mol. The molecule has 2 unspecified atom stereocenters. The Balaban J connectivity index is 3.29. The molecule has 0 aromatic heterocycles. The number of aliphatic hydroxyl groups excluding tert-OH is 2. The van der Waals surface area contributed by atoms with E-state index in [9.17, 15) is 15.0 Å². The van der Waals surface area contributed by atoms with Gasteiger partial charge in [0.1, 0.15) is 11.9 Å². The molecule has 5 nitrogen and oxygen atoms in total. The number of aromatic hydroxyl groups is 1. The lowest BCUT2D eigenvalue weighted by molar-refractivity contribution is 0.0510. The zero-order valence-corrected chi connectivity index (χ0v) is 8.72. The minimum absolute atomic E-state index is 0.110. The number of hydrogen-bond acceptors (Lipinski definition) is 5. The van der Waals surface area contributed by atoms with Crippen LogP contribution >= 0.6 is 11.6 Å². The minimum atomic E-state index is -1.70. The maximum Gasteiger partial charge on any atom is 0.170 e. The van der Waals surface area contributed by atoms with Crippen LogP contribution in [0.15, 0.2) is 12.1 Å². The Hall–Kier alpha value is -1.61. The molecule has 0 aliphatic carbocycles. The number of aliphatic hydroxyl groups is 2. The molecule has 84 valence electrons. The van der Waals surface area contributed by atoms with Gasteiger partial charge in [-0.3, -0.25) is 4.79 Å². The van der Waals surface area contributed by atoms with Crippen LogP contribution in [-0.4, -0.2) is 27.7 Å². The molecule has 1 aromatic rings. The highest BCUT2D eigenvalue weighted by Crippen LogP contribution is 2.32. The molecule has 3 N–H and O–H groups in total. The van der Waals surface area contributed by atoms with Crippen LogP contribution < -0.4 is 0 Å². The fraction of sp³-hybridized carbons (Fsp3) is 0.200. The molecule has 0 radical (unpaired) electrons. The average Bonchev–Trinajstić information content (AvgIpc) is 2.29. The van der Waals surface area contributed by atoms with E-state index in [1.807, 2.05) is 0 Å². The smallest absolute Gasteiger partial charge is 0.170 e. The molecule has 0 spiro atoms. The lowest BCUT2D eigenvalue weighted by Gasteiger charge is -2.14. The van der Waals surface area contributed by atoms with Gasteiger partial charge < -0.3 is 15.3 Å². The zero-order chi connectivity index (χ0) is 12.3. The number of phenolic OH excluding ortho intramolecular Hbond substituents is 1. The summed E-state index contributed by atoms with van der Waals surface area (Å²) in [4.78, 5) is 10.6. The van der Waals surface area contributed by atoms with Crippen molar-refractivity contribution in [2.45, 2.75) is 12.2 Å².